The Labute approximate surface area is 144 Å². The smallest absolute Gasteiger partial charge is 0.417 e. The fraction of sp³-hybridized carbons (Fsp3) is 0.211. The van der Waals surface area contributed by atoms with E-state index in [0.717, 1.165) is 21.4 Å². The number of Topliss-reactive ketones (excluding diaryl/α,β-unsaturated/α-hetero) is 1. The Morgan fingerprint density at radius 3 is 2.84 bits per heavy atom. The highest BCUT2D eigenvalue weighted by molar-refractivity contribution is 6.01. The molecule has 2 aliphatic rings. The SMILES string of the molecule is NC1=CC(c2ccnc3ccccc23)C2=C(CCCC2=O)N1C(=O)O. The van der Waals surface area contributed by atoms with Crippen LogP contribution in [0.4, 0.5) is 4.79 Å². The van der Waals surface area contributed by atoms with E-state index in [2.05, 4.69) is 4.98 Å². The van der Waals surface area contributed by atoms with Gasteiger partial charge in [-0.1, -0.05) is 18.2 Å². The van der Waals surface area contributed by atoms with Gasteiger partial charge in [0.1, 0.15) is 5.82 Å². The van der Waals surface area contributed by atoms with E-state index in [1.807, 2.05) is 30.3 Å². The molecule has 0 radical (unpaired) electrons. The second kappa shape index (κ2) is 5.73. The average molecular weight is 335 g/mol. The Kier molecular flexibility index (Phi) is 3.53. The molecule has 0 spiro atoms. The number of pyridine rings is 1. The number of amides is 1. The molecule has 0 saturated heterocycles. The summed E-state index contributed by atoms with van der Waals surface area (Å²) in [7, 11) is 0. The number of nitrogens with zero attached hydrogens (tertiary/aromatic N) is 2. The van der Waals surface area contributed by atoms with Crippen molar-refractivity contribution in [2.24, 2.45) is 5.73 Å². The summed E-state index contributed by atoms with van der Waals surface area (Å²) in [6, 6.07) is 9.58. The van der Waals surface area contributed by atoms with E-state index in [0.29, 0.717) is 30.5 Å². The van der Waals surface area contributed by atoms with Gasteiger partial charge in [0.15, 0.2) is 5.78 Å². The number of aromatic nitrogens is 1. The number of hydrogen-bond acceptors (Lipinski definition) is 4. The molecule has 25 heavy (non-hydrogen) atoms. The van der Waals surface area contributed by atoms with Crippen LogP contribution in [0.3, 0.4) is 0 Å². The van der Waals surface area contributed by atoms with Gasteiger partial charge in [-0.15, -0.1) is 0 Å². The molecule has 0 saturated carbocycles. The van der Waals surface area contributed by atoms with Gasteiger partial charge in [-0.3, -0.25) is 9.78 Å². The minimum absolute atomic E-state index is 0.0119. The van der Waals surface area contributed by atoms with Crippen molar-refractivity contribution in [2.45, 2.75) is 25.2 Å². The standard InChI is InChI=1S/C19H17N3O3/c20-17-10-13(11-8-9-21-14-5-2-1-4-12(11)14)18-15(22(17)19(24)25)6-3-7-16(18)23/h1-2,4-5,8-10,13H,3,6-7,20H2,(H,24,25). The first-order valence-corrected chi connectivity index (χ1v) is 8.18. The number of fused-ring (bicyclic) bond motifs is 1. The lowest BCUT2D eigenvalue weighted by Crippen LogP contribution is -2.39. The third kappa shape index (κ3) is 2.38. The highest BCUT2D eigenvalue weighted by Crippen LogP contribution is 2.42. The summed E-state index contributed by atoms with van der Waals surface area (Å²) in [5.74, 6) is -0.222. The van der Waals surface area contributed by atoms with Gasteiger partial charge in [0.2, 0.25) is 0 Å². The van der Waals surface area contributed by atoms with Crippen molar-refractivity contribution >= 4 is 22.8 Å². The number of carboxylic acid groups (broad SMARTS) is 1. The van der Waals surface area contributed by atoms with Crippen LogP contribution >= 0.6 is 0 Å². The molecule has 6 nitrogen and oxygen atoms in total. The first kappa shape index (κ1) is 15.4. The lowest BCUT2D eigenvalue weighted by atomic mass is 9.79. The minimum atomic E-state index is -1.16. The Morgan fingerprint density at radius 2 is 2.04 bits per heavy atom. The molecule has 2 heterocycles. The Bertz CT molecular complexity index is 956. The quantitative estimate of drug-likeness (QED) is 0.834. The van der Waals surface area contributed by atoms with Crippen LogP contribution in [0.5, 0.6) is 0 Å². The van der Waals surface area contributed by atoms with Crippen molar-refractivity contribution in [3.8, 4) is 0 Å². The monoisotopic (exact) mass is 335 g/mol. The highest BCUT2D eigenvalue weighted by Gasteiger charge is 2.37. The maximum Gasteiger partial charge on any atom is 0.417 e. The molecular weight excluding hydrogens is 318 g/mol. The summed E-state index contributed by atoms with van der Waals surface area (Å²) in [4.78, 5) is 29.7. The minimum Gasteiger partial charge on any atom is -0.464 e. The van der Waals surface area contributed by atoms with E-state index in [1.165, 1.54) is 0 Å². The van der Waals surface area contributed by atoms with Crippen molar-refractivity contribution in [3.05, 3.63) is 65.3 Å². The molecule has 0 fully saturated rings. The number of para-hydroxylation sites is 1. The van der Waals surface area contributed by atoms with Crippen LogP contribution < -0.4 is 5.73 Å². The predicted molar refractivity (Wildman–Crippen MR) is 92.5 cm³/mol. The molecule has 1 unspecified atom stereocenters. The summed E-state index contributed by atoms with van der Waals surface area (Å²) in [6.07, 6.45) is 3.81. The number of carbonyl (C=O) groups is 2. The van der Waals surface area contributed by atoms with E-state index in [-0.39, 0.29) is 17.5 Å². The molecule has 6 heteroatoms. The third-order valence-corrected chi connectivity index (χ3v) is 4.81. The van der Waals surface area contributed by atoms with Gasteiger partial charge >= 0.3 is 6.09 Å². The second-order valence-electron chi connectivity index (χ2n) is 6.24. The molecule has 1 aromatic carbocycles. The van der Waals surface area contributed by atoms with Gasteiger partial charge < -0.3 is 10.8 Å². The zero-order chi connectivity index (χ0) is 17.6. The van der Waals surface area contributed by atoms with Crippen LogP contribution in [-0.4, -0.2) is 26.9 Å². The van der Waals surface area contributed by atoms with Gasteiger partial charge in [-0.25, -0.2) is 9.69 Å². The van der Waals surface area contributed by atoms with E-state index >= 15 is 0 Å². The highest BCUT2D eigenvalue weighted by atomic mass is 16.4. The molecule has 1 aliphatic carbocycles. The third-order valence-electron chi connectivity index (χ3n) is 4.81. The van der Waals surface area contributed by atoms with Gasteiger partial charge in [-0.2, -0.15) is 0 Å². The molecule has 126 valence electrons. The number of allylic oxidation sites excluding steroid dienone is 3. The molecule has 2 aromatic rings. The van der Waals surface area contributed by atoms with Gasteiger partial charge in [-0.05, 0) is 36.6 Å². The van der Waals surface area contributed by atoms with Crippen molar-refractivity contribution in [1.29, 1.82) is 0 Å². The Hall–Kier alpha value is -3.15. The summed E-state index contributed by atoms with van der Waals surface area (Å²) >= 11 is 0. The lowest BCUT2D eigenvalue weighted by molar-refractivity contribution is -0.116. The summed E-state index contributed by atoms with van der Waals surface area (Å²) in [6.45, 7) is 0. The van der Waals surface area contributed by atoms with Crippen LogP contribution in [0, 0.1) is 0 Å². The van der Waals surface area contributed by atoms with Crippen molar-refractivity contribution in [1.82, 2.24) is 9.88 Å². The molecule has 1 aromatic heterocycles. The fourth-order valence-corrected chi connectivity index (χ4v) is 3.78. The number of nitrogens with two attached hydrogens (primary N) is 1. The summed E-state index contributed by atoms with van der Waals surface area (Å²) in [5.41, 5.74) is 8.85. The van der Waals surface area contributed by atoms with E-state index in [1.54, 1.807) is 12.3 Å². The number of benzene rings is 1. The van der Waals surface area contributed by atoms with Crippen molar-refractivity contribution in [3.63, 3.8) is 0 Å². The molecule has 1 atom stereocenters. The zero-order valence-corrected chi connectivity index (χ0v) is 13.5. The van der Waals surface area contributed by atoms with E-state index < -0.39 is 6.09 Å². The maximum atomic E-state index is 12.7. The van der Waals surface area contributed by atoms with Crippen LogP contribution in [-0.2, 0) is 4.79 Å². The Morgan fingerprint density at radius 1 is 1.24 bits per heavy atom. The molecule has 3 N–H and O–H groups in total. The second-order valence-corrected chi connectivity index (χ2v) is 6.24. The molecular formula is C19H17N3O3. The number of ketones is 1. The van der Waals surface area contributed by atoms with E-state index in [9.17, 15) is 14.7 Å². The van der Waals surface area contributed by atoms with Gasteiger partial charge in [0.25, 0.3) is 0 Å². The predicted octanol–water partition coefficient (Wildman–Crippen LogP) is 3.12. The normalized spacial score (nSPS) is 20.5. The zero-order valence-electron chi connectivity index (χ0n) is 13.5. The number of hydrogen-bond donors (Lipinski definition) is 2. The topological polar surface area (TPSA) is 96.5 Å². The van der Waals surface area contributed by atoms with Crippen LogP contribution in [0.25, 0.3) is 10.9 Å². The average Bonchev–Trinajstić information content (AvgIpc) is 2.60. The fourth-order valence-electron chi connectivity index (χ4n) is 3.78. The molecule has 1 aliphatic heterocycles. The van der Waals surface area contributed by atoms with E-state index in [4.69, 9.17) is 5.73 Å². The van der Waals surface area contributed by atoms with Crippen LogP contribution in [0.15, 0.2) is 59.7 Å². The van der Waals surface area contributed by atoms with Crippen molar-refractivity contribution in [2.75, 3.05) is 0 Å². The summed E-state index contributed by atoms with van der Waals surface area (Å²) in [5, 5.41) is 10.5. The van der Waals surface area contributed by atoms with Crippen LogP contribution in [0.1, 0.15) is 30.7 Å². The lowest BCUT2D eigenvalue weighted by Gasteiger charge is -2.35. The largest absolute Gasteiger partial charge is 0.464 e. The Balaban J connectivity index is 1.96. The molecule has 0 bridgehead atoms. The van der Waals surface area contributed by atoms with Crippen LogP contribution in [0.2, 0.25) is 0 Å². The molecule has 1 amide bonds. The summed E-state index contributed by atoms with van der Waals surface area (Å²) < 4.78 is 0. The first-order chi connectivity index (χ1) is 12.1. The maximum absolute atomic E-state index is 12.7. The van der Waals surface area contributed by atoms with Crippen molar-refractivity contribution < 1.29 is 14.7 Å². The van der Waals surface area contributed by atoms with Gasteiger partial charge in [0.05, 0.1) is 5.52 Å². The van der Waals surface area contributed by atoms with Gasteiger partial charge in [0, 0.05) is 35.2 Å². The first-order valence-electron chi connectivity index (χ1n) is 8.18. The number of rotatable bonds is 1. The molecule has 4 rings (SSSR count). The number of carbonyl (C=O) groups excluding carboxylic acids is 1.